The first kappa shape index (κ1) is 21.4. The average molecular weight is 488 g/mol. The molecule has 8 nitrogen and oxygen atoms in total. The van der Waals surface area contributed by atoms with Gasteiger partial charge in [-0.1, -0.05) is 35.5 Å². The summed E-state index contributed by atoms with van der Waals surface area (Å²) in [5.74, 6) is 1.44. The highest BCUT2D eigenvalue weighted by Gasteiger charge is 2.35. The number of carbonyl (C=O) groups excluding carboxylic acids is 1. The Balaban J connectivity index is 1.57. The summed E-state index contributed by atoms with van der Waals surface area (Å²) in [4.78, 5) is 14.1. The molecule has 11 heteroatoms. The maximum Gasteiger partial charge on any atom is 0.224 e. The van der Waals surface area contributed by atoms with E-state index in [-0.39, 0.29) is 29.9 Å². The number of amides is 1. The van der Waals surface area contributed by atoms with Crippen molar-refractivity contribution in [1.29, 1.82) is 0 Å². The van der Waals surface area contributed by atoms with Crippen LogP contribution in [-0.2, 0) is 4.79 Å². The molecule has 166 valence electrons. The second kappa shape index (κ2) is 8.51. The van der Waals surface area contributed by atoms with Crippen LogP contribution in [-0.4, -0.2) is 31.7 Å². The van der Waals surface area contributed by atoms with E-state index in [1.165, 1.54) is 27.8 Å². The number of benzene rings is 1. The molecule has 2 aliphatic heterocycles. The third kappa shape index (κ3) is 3.81. The van der Waals surface area contributed by atoms with Crippen molar-refractivity contribution in [1.82, 2.24) is 30.8 Å². The number of thiophene rings is 1. The predicted octanol–water partition coefficient (Wildman–Crippen LogP) is 3.71. The molecule has 2 aliphatic rings. The summed E-state index contributed by atoms with van der Waals surface area (Å²) < 4.78 is 2.09. The molecule has 4 heterocycles. The normalized spacial score (nSPS) is 21.6. The topological polar surface area (TPSA) is 96.2 Å². The quantitative estimate of drug-likeness (QED) is 0.519. The van der Waals surface area contributed by atoms with Crippen LogP contribution in [0.4, 0.5) is 0 Å². The van der Waals surface area contributed by atoms with Crippen LogP contribution in [0.3, 0.4) is 0 Å². The number of halogens is 1. The number of fused-ring (bicyclic) bond motifs is 3. The van der Waals surface area contributed by atoms with Gasteiger partial charge in [0, 0.05) is 21.9 Å². The van der Waals surface area contributed by atoms with Crippen LogP contribution in [0, 0.1) is 20.8 Å². The summed E-state index contributed by atoms with van der Waals surface area (Å²) in [5.41, 5.74) is 7.77. The Morgan fingerprint density at radius 1 is 1.22 bits per heavy atom. The fraction of sp³-hybridized carbons (Fsp3) is 0.333. The lowest BCUT2D eigenvalue weighted by molar-refractivity contribution is -0.122. The van der Waals surface area contributed by atoms with Gasteiger partial charge in [0.25, 0.3) is 0 Å². The number of carbonyl (C=O) groups is 1. The minimum absolute atomic E-state index is 0.0989. The van der Waals surface area contributed by atoms with Crippen molar-refractivity contribution in [3.63, 3.8) is 0 Å². The van der Waals surface area contributed by atoms with E-state index in [2.05, 4.69) is 49.8 Å². The van der Waals surface area contributed by atoms with Crippen LogP contribution in [0.2, 0.25) is 5.02 Å². The monoisotopic (exact) mass is 487 g/mol. The van der Waals surface area contributed by atoms with Crippen LogP contribution >= 0.6 is 34.7 Å². The standard InChI is InChI=1S/C21H22ClN7OS2/c1-10-11(2)32-20-17(10)18(13-4-6-14(22)7-5-13)24-15(19-27-26-12(3)29(19)20)8-16(30)25-21-28-23-9-31-21/h4-7,9,15,18,21,24,28H,8H2,1-3H3,(H,25,30)/t15-,18+,21?/m0/s1. The molecule has 3 aromatic rings. The second-order valence-electron chi connectivity index (χ2n) is 7.80. The molecule has 3 N–H and O–H groups in total. The van der Waals surface area contributed by atoms with Gasteiger partial charge in [-0.05, 0) is 44.0 Å². The first-order valence-electron chi connectivity index (χ1n) is 10.2. The number of hydrogen-bond donors (Lipinski definition) is 3. The lowest BCUT2D eigenvalue weighted by atomic mass is 9.96. The lowest BCUT2D eigenvalue weighted by Crippen LogP contribution is -2.40. The van der Waals surface area contributed by atoms with Crippen molar-refractivity contribution < 1.29 is 4.79 Å². The van der Waals surface area contributed by atoms with Gasteiger partial charge in [0.05, 0.1) is 17.6 Å². The summed E-state index contributed by atoms with van der Waals surface area (Å²) in [5, 5.41) is 21.2. The molecule has 5 rings (SSSR count). The van der Waals surface area contributed by atoms with Gasteiger partial charge in [0.2, 0.25) is 5.91 Å². The van der Waals surface area contributed by atoms with E-state index in [9.17, 15) is 4.79 Å². The van der Waals surface area contributed by atoms with E-state index in [1.807, 2.05) is 31.2 Å². The Kier molecular flexibility index (Phi) is 5.70. The fourth-order valence-electron chi connectivity index (χ4n) is 4.09. The number of thioether (sulfide) groups is 1. The number of rotatable bonds is 4. The maximum absolute atomic E-state index is 12.9. The Bertz CT molecular complexity index is 1200. The number of aromatic nitrogens is 3. The SMILES string of the molecule is Cc1sc2c(c1C)[C@@H](c1ccc(Cl)cc1)N[C@@H](CC(=O)NC1NN=CS1)c1nnc(C)n1-2. The largest absolute Gasteiger partial charge is 0.326 e. The average Bonchev–Trinajstić information content (AvgIpc) is 3.45. The van der Waals surface area contributed by atoms with Crippen molar-refractivity contribution in [2.24, 2.45) is 5.10 Å². The molecular weight excluding hydrogens is 466 g/mol. The Hall–Kier alpha value is -2.40. The first-order chi connectivity index (χ1) is 15.4. The summed E-state index contributed by atoms with van der Waals surface area (Å²) in [6.45, 7) is 6.22. The van der Waals surface area contributed by atoms with Gasteiger partial charge in [-0.3, -0.25) is 20.1 Å². The molecule has 0 saturated carbocycles. The van der Waals surface area contributed by atoms with Crippen molar-refractivity contribution in [2.45, 2.75) is 44.8 Å². The van der Waals surface area contributed by atoms with E-state index < -0.39 is 0 Å². The number of hydrogen-bond acceptors (Lipinski definition) is 8. The van der Waals surface area contributed by atoms with Crippen molar-refractivity contribution in [3.8, 4) is 5.00 Å². The number of hydrazone groups is 1. The van der Waals surface area contributed by atoms with Crippen molar-refractivity contribution in [3.05, 3.63) is 62.5 Å². The highest BCUT2D eigenvalue weighted by atomic mass is 35.5. The van der Waals surface area contributed by atoms with Crippen LogP contribution in [0.25, 0.3) is 5.00 Å². The van der Waals surface area contributed by atoms with Gasteiger partial charge in [-0.2, -0.15) is 5.10 Å². The van der Waals surface area contributed by atoms with Crippen molar-refractivity contribution >= 4 is 46.2 Å². The maximum atomic E-state index is 12.9. The molecule has 32 heavy (non-hydrogen) atoms. The van der Waals surface area contributed by atoms with Gasteiger partial charge in [0.1, 0.15) is 10.8 Å². The van der Waals surface area contributed by atoms with E-state index >= 15 is 0 Å². The molecule has 0 spiro atoms. The third-order valence-electron chi connectivity index (χ3n) is 5.76. The summed E-state index contributed by atoms with van der Waals surface area (Å²) >= 11 is 9.31. The van der Waals surface area contributed by atoms with Gasteiger partial charge in [-0.25, -0.2) is 0 Å². The number of nitrogens with zero attached hydrogens (tertiary/aromatic N) is 4. The molecule has 2 aromatic heterocycles. The smallest absolute Gasteiger partial charge is 0.224 e. The minimum Gasteiger partial charge on any atom is -0.326 e. The lowest BCUT2D eigenvalue weighted by Gasteiger charge is -2.24. The second-order valence-corrected chi connectivity index (χ2v) is 10.4. The van der Waals surface area contributed by atoms with Gasteiger partial charge < -0.3 is 5.32 Å². The van der Waals surface area contributed by atoms with E-state index in [0.29, 0.717) is 5.02 Å². The molecule has 1 aromatic carbocycles. The summed E-state index contributed by atoms with van der Waals surface area (Å²) in [7, 11) is 0. The van der Waals surface area contributed by atoms with Gasteiger partial charge in [-0.15, -0.1) is 21.5 Å². The zero-order valence-corrected chi connectivity index (χ0v) is 20.1. The molecule has 1 unspecified atom stereocenters. The Morgan fingerprint density at radius 2 is 2.00 bits per heavy atom. The van der Waals surface area contributed by atoms with Gasteiger partial charge >= 0.3 is 0 Å². The Morgan fingerprint density at radius 3 is 2.72 bits per heavy atom. The molecule has 0 aliphatic carbocycles. The molecule has 0 radical (unpaired) electrons. The minimum atomic E-state index is -0.330. The highest BCUT2D eigenvalue weighted by Crippen LogP contribution is 2.43. The number of nitrogens with one attached hydrogen (secondary N) is 3. The van der Waals surface area contributed by atoms with E-state index in [4.69, 9.17) is 11.6 Å². The molecule has 0 saturated heterocycles. The fourth-order valence-corrected chi connectivity index (χ4v) is 6.03. The molecule has 0 fully saturated rings. The molecule has 3 atom stereocenters. The zero-order valence-electron chi connectivity index (χ0n) is 17.7. The predicted molar refractivity (Wildman–Crippen MR) is 128 cm³/mol. The first-order valence-corrected chi connectivity index (χ1v) is 12.3. The highest BCUT2D eigenvalue weighted by molar-refractivity contribution is 8.12. The number of aryl methyl sites for hydroxylation is 2. The molecular formula is C21H22ClN7OS2. The van der Waals surface area contributed by atoms with Crippen molar-refractivity contribution in [2.75, 3.05) is 0 Å². The van der Waals surface area contributed by atoms with Crippen LogP contribution < -0.4 is 16.1 Å². The van der Waals surface area contributed by atoms with Gasteiger partial charge in [0.15, 0.2) is 11.3 Å². The third-order valence-corrected chi connectivity index (χ3v) is 7.94. The molecule has 0 bridgehead atoms. The van der Waals surface area contributed by atoms with Crippen LogP contribution in [0.1, 0.15) is 51.7 Å². The van der Waals surface area contributed by atoms with Crippen LogP contribution in [0.15, 0.2) is 29.4 Å². The van der Waals surface area contributed by atoms with Crippen LogP contribution in [0.5, 0.6) is 0 Å². The Labute approximate surface area is 198 Å². The van der Waals surface area contributed by atoms with E-state index in [1.54, 1.807) is 16.9 Å². The summed E-state index contributed by atoms with van der Waals surface area (Å²) in [6, 6.07) is 7.41. The molecule has 1 amide bonds. The van der Waals surface area contributed by atoms with E-state index in [0.717, 1.165) is 22.2 Å². The zero-order chi connectivity index (χ0) is 22.4. The summed E-state index contributed by atoms with van der Waals surface area (Å²) in [6.07, 6.45) is 0.216.